The van der Waals surface area contributed by atoms with Crippen LogP contribution in [0.1, 0.15) is 49.9 Å². The Hall–Kier alpha value is -3.43. The third kappa shape index (κ3) is 11.6. The van der Waals surface area contributed by atoms with E-state index in [0.717, 1.165) is 15.3 Å². The zero-order chi connectivity index (χ0) is 34.0. The number of piperazine rings is 1. The van der Waals surface area contributed by atoms with Gasteiger partial charge in [-0.15, -0.1) is 22.7 Å². The van der Waals surface area contributed by atoms with Crippen LogP contribution in [0, 0.1) is 5.92 Å². The lowest BCUT2D eigenvalue weighted by atomic mass is 9.97. The number of hydrogen-bond acceptors (Lipinski definition) is 11. The first-order valence-electron chi connectivity index (χ1n) is 15.9. The van der Waals surface area contributed by atoms with Gasteiger partial charge >= 0.3 is 6.09 Å². The van der Waals surface area contributed by atoms with Crippen LogP contribution in [0.2, 0.25) is 0 Å². The van der Waals surface area contributed by atoms with Crippen LogP contribution in [0.4, 0.5) is 4.79 Å². The number of aromatic nitrogens is 2. The monoisotopic (exact) mass is 685 g/mol. The summed E-state index contributed by atoms with van der Waals surface area (Å²) >= 11 is 2.96. The zero-order valence-electron chi connectivity index (χ0n) is 27.7. The predicted molar refractivity (Wildman–Crippen MR) is 183 cm³/mol. The third-order valence-electron chi connectivity index (χ3n) is 7.80. The summed E-state index contributed by atoms with van der Waals surface area (Å²) in [6, 6.07) is 7.53. The van der Waals surface area contributed by atoms with E-state index in [-0.39, 0.29) is 25.0 Å². The molecule has 12 nitrogen and oxygen atoms in total. The van der Waals surface area contributed by atoms with Crippen LogP contribution in [-0.4, -0.2) is 98.7 Å². The van der Waals surface area contributed by atoms with Gasteiger partial charge in [0.15, 0.2) is 0 Å². The van der Waals surface area contributed by atoms with Crippen molar-refractivity contribution in [1.29, 1.82) is 0 Å². The average Bonchev–Trinajstić information content (AvgIpc) is 3.73. The molecule has 1 fully saturated rings. The molecule has 256 valence electrons. The summed E-state index contributed by atoms with van der Waals surface area (Å²) in [7, 11) is 0. The third-order valence-corrected chi connectivity index (χ3v) is 9.32. The Morgan fingerprint density at radius 1 is 1.02 bits per heavy atom. The lowest BCUT2D eigenvalue weighted by Crippen LogP contribution is -2.63. The minimum Gasteiger partial charge on any atom is -0.444 e. The lowest BCUT2D eigenvalue weighted by molar-refractivity contribution is -0.132. The van der Waals surface area contributed by atoms with Crippen molar-refractivity contribution >= 4 is 40.6 Å². The highest BCUT2D eigenvalue weighted by molar-refractivity contribution is 7.09. The van der Waals surface area contributed by atoms with E-state index in [0.29, 0.717) is 32.6 Å². The maximum absolute atomic E-state index is 13.7. The maximum atomic E-state index is 13.7. The minimum absolute atomic E-state index is 0.0553. The van der Waals surface area contributed by atoms with Crippen LogP contribution in [0.25, 0.3) is 0 Å². The van der Waals surface area contributed by atoms with Crippen LogP contribution >= 0.6 is 22.7 Å². The molecule has 1 aliphatic heterocycles. The van der Waals surface area contributed by atoms with Gasteiger partial charge in [-0.25, -0.2) is 4.79 Å². The number of hydrogen-bond donors (Lipinski definition) is 4. The molecule has 0 radical (unpaired) electrons. The number of amides is 3. The second-order valence-electron chi connectivity index (χ2n) is 13.2. The molecule has 0 unspecified atom stereocenters. The van der Waals surface area contributed by atoms with E-state index in [4.69, 9.17) is 4.74 Å². The van der Waals surface area contributed by atoms with Gasteiger partial charge in [0.05, 0.1) is 28.0 Å². The number of carbonyl (C=O) groups excluding carboxylic acids is 3. The van der Waals surface area contributed by atoms with Gasteiger partial charge in [-0.3, -0.25) is 29.4 Å². The van der Waals surface area contributed by atoms with Crippen LogP contribution < -0.4 is 16.0 Å². The van der Waals surface area contributed by atoms with E-state index in [2.05, 4.69) is 30.8 Å². The van der Waals surface area contributed by atoms with E-state index in [9.17, 15) is 19.5 Å². The number of alkyl carbamates (subject to hydrolysis) is 1. The molecule has 0 saturated carbocycles. The van der Waals surface area contributed by atoms with Gasteiger partial charge in [0, 0.05) is 55.5 Å². The molecule has 0 spiro atoms. The summed E-state index contributed by atoms with van der Waals surface area (Å²) in [4.78, 5) is 54.2. The van der Waals surface area contributed by atoms with Crippen molar-refractivity contribution in [3.63, 3.8) is 0 Å². The Morgan fingerprint density at radius 3 is 2.32 bits per heavy atom. The van der Waals surface area contributed by atoms with Crippen LogP contribution in [0.5, 0.6) is 0 Å². The van der Waals surface area contributed by atoms with Gasteiger partial charge in [-0.05, 0) is 38.7 Å². The lowest BCUT2D eigenvalue weighted by Gasteiger charge is -2.43. The fourth-order valence-corrected chi connectivity index (χ4v) is 6.57. The molecule has 1 aromatic carbocycles. The Bertz CT molecular complexity index is 1400. The van der Waals surface area contributed by atoms with E-state index >= 15 is 0 Å². The molecule has 0 aliphatic carbocycles. The van der Waals surface area contributed by atoms with Gasteiger partial charge in [-0.2, -0.15) is 0 Å². The SMILES string of the molecule is CC(C)[C@H](NC(=O)OCc1cncs1)C(=O)N[C@@H](Cc1ccccc1)[C@H](O)CN1CCN(Cc2cncs2)C[C@H]1C(=O)NC(C)(C)C. The van der Waals surface area contributed by atoms with Gasteiger partial charge in [-0.1, -0.05) is 44.2 Å². The first kappa shape index (κ1) is 36.4. The number of rotatable bonds is 14. The van der Waals surface area contributed by atoms with Crippen molar-refractivity contribution in [2.24, 2.45) is 5.92 Å². The number of ether oxygens (including phenoxy) is 1. The largest absolute Gasteiger partial charge is 0.444 e. The highest BCUT2D eigenvalue weighted by Crippen LogP contribution is 2.19. The van der Waals surface area contributed by atoms with Gasteiger partial charge in [0.1, 0.15) is 18.7 Å². The molecule has 0 bridgehead atoms. The quantitative estimate of drug-likeness (QED) is 0.201. The summed E-state index contributed by atoms with van der Waals surface area (Å²) in [5.41, 5.74) is 3.97. The van der Waals surface area contributed by atoms with Crippen molar-refractivity contribution in [3.8, 4) is 0 Å². The Balaban J connectivity index is 1.47. The molecular formula is C33H47N7O5S2. The topological polar surface area (TPSA) is 149 Å². The highest BCUT2D eigenvalue weighted by atomic mass is 32.1. The van der Waals surface area contributed by atoms with E-state index in [1.54, 1.807) is 28.6 Å². The van der Waals surface area contributed by atoms with Gasteiger partial charge in [0.2, 0.25) is 11.8 Å². The number of nitrogens with one attached hydrogen (secondary N) is 3. The fourth-order valence-electron chi connectivity index (χ4n) is 5.43. The molecule has 3 aromatic rings. The molecule has 4 rings (SSSR count). The number of aliphatic hydroxyl groups is 1. The second kappa shape index (κ2) is 17.1. The molecule has 4 atom stereocenters. The van der Waals surface area contributed by atoms with Crippen LogP contribution in [0.15, 0.2) is 53.7 Å². The van der Waals surface area contributed by atoms with Crippen molar-refractivity contribution in [3.05, 3.63) is 69.1 Å². The smallest absolute Gasteiger partial charge is 0.408 e. The number of β-amino-alcohol motifs (C(OH)–C–C–N with tert-alkyl or cyclic N) is 1. The average molecular weight is 686 g/mol. The number of carbonyl (C=O) groups is 3. The summed E-state index contributed by atoms with van der Waals surface area (Å²) < 4.78 is 5.32. The normalized spacial score (nSPS) is 17.9. The van der Waals surface area contributed by atoms with Gasteiger partial charge in [0.25, 0.3) is 0 Å². The highest BCUT2D eigenvalue weighted by Gasteiger charge is 2.37. The standard InChI is InChI=1S/C33H47N7O5S2/c1-22(2)29(37-32(44)45-19-25-15-35-21-47-25)31(43)36-26(13-23-9-7-6-8-10-23)28(41)18-40-12-11-39(16-24-14-34-20-46-24)17-27(40)30(42)38-33(3,4)5/h6-10,14-15,20-22,26-29,41H,11-13,16-19H2,1-5H3,(H,36,43)(H,37,44)(H,38,42)/t26-,27-,28+,29-/m0/s1. The van der Waals surface area contributed by atoms with Crippen LogP contribution in [0.3, 0.4) is 0 Å². The molecule has 4 N–H and O–H groups in total. The molecule has 3 amide bonds. The zero-order valence-corrected chi connectivity index (χ0v) is 29.4. The van der Waals surface area contributed by atoms with E-state index in [1.165, 1.54) is 11.3 Å². The first-order chi connectivity index (χ1) is 22.4. The van der Waals surface area contributed by atoms with Crippen LogP contribution in [-0.2, 0) is 33.9 Å². The van der Waals surface area contributed by atoms with Crippen molar-refractivity contribution in [2.75, 3.05) is 26.2 Å². The Labute approximate surface area is 284 Å². The first-order valence-corrected chi connectivity index (χ1v) is 17.6. The second-order valence-corrected chi connectivity index (χ2v) is 15.2. The number of thiazole rings is 2. The molecule has 3 heterocycles. The predicted octanol–water partition coefficient (Wildman–Crippen LogP) is 3.04. The van der Waals surface area contributed by atoms with Gasteiger partial charge < -0.3 is 25.8 Å². The molecule has 47 heavy (non-hydrogen) atoms. The fraction of sp³-hybridized carbons (Fsp3) is 0.545. The minimum atomic E-state index is -1.01. The summed E-state index contributed by atoms with van der Waals surface area (Å²) in [5, 5.41) is 20.6. The molecule has 1 aliphatic rings. The molecule has 1 saturated heterocycles. The summed E-state index contributed by atoms with van der Waals surface area (Å²) in [6.07, 6.45) is 2.11. The van der Waals surface area contributed by atoms with Crippen molar-refractivity contribution in [2.45, 2.75) is 84.0 Å². The summed E-state index contributed by atoms with van der Waals surface area (Å²) in [5.74, 6) is -0.785. The van der Waals surface area contributed by atoms with Crippen molar-refractivity contribution in [1.82, 2.24) is 35.7 Å². The summed E-state index contributed by atoms with van der Waals surface area (Å²) in [6.45, 7) is 12.2. The molecule has 2 aromatic heterocycles. The van der Waals surface area contributed by atoms with Crippen molar-refractivity contribution < 1.29 is 24.2 Å². The number of benzene rings is 1. The van der Waals surface area contributed by atoms with E-state index in [1.807, 2.05) is 76.0 Å². The Kier molecular flexibility index (Phi) is 13.3. The number of nitrogens with zero attached hydrogens (tertiary/aromatic N) is 4. The number of aliphatic hydroxyl groups excluding tert-OH is 1. The van der Waals surface area contributed by atoms with E-state index < -0.39 is 41.8 Å². The maximum Gasteiger partial charge on any atom is 0.408 e. The molecule has 14 heteroatoms. The molecular weight excluding hydrogens is 639 g/mol. The Morgan fingerprint density at radius 2 is 1.70 bits per heavy atom.